The largest absolute Gasteiger partial charge is 0.352 e. The SMILES string of the molecule is Cc1ccc(N2CCN(C(=O)CCc3cccc(Cl)c3)CC2)nn1. The lowest BCUT2D eigenvalue weighted by Crippen LogP contribution is -2.49. The number of amides is 1. The predicted molar refractivity (Wildman–Crippen MR) is 95.3 cm³/mol. The van der Waals surface area contributed by atoms with E-state index in [1.165, 1.54) is 0 Å². The van der Waals surface area contributed by atoms with E-state index in [-0.39, 0.29) is 5.91 Å². The number of anilines is 1. The van der Waals surface area contributed by atoms with Crippen LogP contribution < -0.4 is 4.90 Å². The first kappa shape index (κ1) is 16.7. The summed E-state index contributed by atoms with van der Waals surface area (Å²) in [5, 5.41) is 9.03. The van der Waals surface area contributed by atoms with Crippen molar-refractivity contribution in [3.8, 4) is 0 Å². The summed E-state index contributed by atoms with van der Waals surface area (Å²) in [5.74, 6) is 1.08. The Kier molecular flexibility index (Phi) is 5.30. The van der Waals surface area contributed by atoms with Gasteiger partial charge in [-0.1, -0.05) is 23.7 Å². The lowest BCUT2D eigenvalue weighted by atomic mass is 10.1. The molecule has 1 aromatic heterocycles. The fraction of sp³-hybridized carbons (Fsp3) is 0.389. The molecule has 0 saturated carbocycles. The Labute approximate surface area is 147 Å². The van der Waals surface area contributed by atoms with Crippen molar-refractivity contribution < 1.29 is 4.79 Å². The highest BCUT2D eigenvalue weighted by Crippen LogP contribution is 2.15. The zero-order valence-electron chi connectivity index (χ0n) is 13.8. The van der Waals surface area contributed by atoms with Crippen LogP contribution >= 0.6 is 11.6 Å². The Hall–Kier alpha value is -2.14. The number of halogens is 1. The quantitative estimate of drug-likeness (QED) is 0.855. The number of aryl methyl sites for hydroxylation is 2. The average Bonchev–Trinajstić information content (AvgIpc) is 2.61. The molecule has 1 aromatic carbocycles. The molecular weight excluding hydrogens is 324 g/mol. The summed E-state index contributed by atoms with van der Waals surface area (Å²) in [4.78, 5) is 16.5. The molecule has 1 saturated heterocycles. The number of piperazine rings is 1. The molecule has 24 heavy (non-hydrogen) atoms. The molecule has 2 heterocycles. The van der Waals surface area contributed by atoms with Crippen LogP contribution in [-0.2, 0) is 11.2 Å². The maximum Gasteiger partial charge on any atom is 0.223 e. The van der Waals surface area contributed by atoms with Crippen molar-refractivity contribution in [2.24, 2.45) is 0 Å². The minimum absolute atomic E-state index is 0.199. The topological polar surface area (TPSA) is 49.3 Å². The number of carbonyl (C=O) groups is 1. The van der Waals surface area contributed by atoms with Crippen LogP contribution in [0.4, 0.5) is 5.82 Å². The Morgan fingerprint density at radius 3 is 2.58 bits per heavy atom. The number of hydrogen-bond acceptors (Lipinski definition) is 4. The van der Waals surface area contributed by atoms with Gasteiger partial charge in [0.2, 0.25) is 5.91 Å². The van der Waals surface area contributed by atoms with Crippen molar-refractivity contribution in [1.82, 2.24) is 15.1 Å². The third-order valence-corrected chi connectivity index (χ3v) is 4.49. The summed E-state index contributed by atoms with van der Waals surface area (Å²) in [7, 11) is 0. The van der Waals surface area contributed by atoms with E-state index in [9.17, 15) is 4.79 Å². The van der Waals surface area contributed by atoms with E-state index in [0.29, 0.717) is 11.4 Å². The molecule has 5 nitrogen and oxygen atoms in total. The first-order valence-corrected chi connectivity index (χ1v) is 8.57. The van der Waals surface area contributed by atoms with Gasteiger partial charge in [-0.3, -0.25) is 4.79 Å². The number of nitrogens with zero attached hydrogens (tertiary/aromatic N) is 4. The third-order valence-electron chi connectivity index (χ3n) is 4.26. The van der Waals surface area contributed by atoms with E-state index in [2.05, 4.69) is 15.1 Å². The molecule has 0 radical (unpaired) electrons. The van der Waals surface area contributed by atoms with Crippen LogP contribution in [0, 0.1) is 6.92 Å². The lowest BCUT2D eigenvalue weighted by molar-refractivity contribution is -0.131. The van der Waals surface area contributed by atoms with Gasteiger partial charge in [0.1, 0.15) is 0 Å². The van der Waals surface area contributed by atoms with Crippen molar-refractivity contribution in [1.29, 1.82) is 0 Å². The van der Waals surface area contributed by atoms with Gasteiger partial charge in [-0.25, -0.2) is 0 Å². The van der Waals surface area contributed by atoms with Gasteiger partial charge in [-0.2, -0.15) is 5.10 Å². The van der Waals surface area contributed by atoms with Gasteiger partial charge >= 0.3 is 0 Å². The highest BCUT2D eigenvalue weighted by molar-refractivity contribution is 6.30. The van der Waals surface area contributed by atoms with Gasteiger partial charge < -0.3 is 9.80 Å². The Bertz CT molecular complexity index is 696. The second-order valence-electron chi connectivity index (χ2n) is 6.03. The van der Waals surface area contributed by atoms with E-state index in [1.54, 1.807) is 0 Å². The molecule has 0 unspecified atom stereocenters. The van der Waals surface area contributed by atoms with Crippen LogP contribution in [0.2, 0.25) is 5.02 Å². The molecule has 1 fully saturated rings. The van der Waals surface area contributed by atoms with Crippen molar-refractivity contribution in [3.05, 3.63) is 52.7 Å². The Balaban J connectivity index is 1.49. The molecule has 1 aliphatic rings. The van der Waals surface area contributed by atoms with Crippen LogP contribution in [0.3, 0.4) is 0 Å². The maximum absolute atomic E-state index is 12.4. The molecule has 2 aromatic rings. The van der Waals surface area contributed by atoms with E-state index in [4.69, 9.17) is 11.6 Å². The standard InChI is InChI=1S/C18H21ClN4O/c1-14-5-7-17(21-20-14)22-9-11-23(12-10-22)18(24)8-6-15-3-2-4-16(19)13-15/h2-5,7,13H,6,8-12H2,1H3. The summed E-state index contributed by atoms with van der Waals surface area (Å²) in [6.45, 7) is 4.96. The monoisotopic (exact) mass is 344 g/mol. The van der Waals surface area contributed by atoms with Crippen molar-refractivity contribution in [2.75, 3.05) is 31.1 Å². The molecular formula is C18H21ClN4O. The van der Waals surface area contributed by atoms with Gasteiger partial charge in [0.15, 0.2) is 5.82 Å². The van der Waals surface area contributed by atoms with Gasteiger partial charge in [0, 0.05) is 37.6 Å². The van der Waals surface area contributed by atoms with Crippen LogP contribution in [0.15, 0.2) is 36.4 Å². The van der Waals surface area contributed by atoms with E-state index >= 15 is 0 Å². The molecule has 0 aliphatic carbocycles. The average molecular weight is 345 g/mol. The Morgan fingerprint density at radius 1 is 1.12 bits per heavy atom. The summed E-state index contributed by atoms with van der Waals surface area (Å²) < 4.78 is 0. The molecule has 0 atom stereocenters. The zero-order chi connectivity index (χ0) is 16.9. The number of rotatable bonds is 4. The summed E-state index contributed by atoms with van der Waals surface area (Å²) in [6.07, 6.45) is 1.24. The van der Waals surface area contributed by atoms with Crippen LogP contribution in [0.25, 0.3) is 0 Å². The molecule has 126 valence electrons. The summed E-state index contributed by atoms with van der Waals surface area (Å²) in [6, 6.07) is 11.6. The minimum atomic E-state index is 0.199. The maximum atomic E-state index is 12.4. The lowest BCUT2D eigenvalue weighted by Gasteiger charge is -2.35. The van der Waals surface area contributed by atoms with Gasteiger partial charge in [0.25, 0.3) is 0 Å². The molecule has 0 bridgehead atoms. The molecule has 3 rings (SSSR count). The highest BCUT2D eigenvalue weighted by Gasteiger charge is 2.21. The van der Waals surface area contributed by atoms with Crippen LogP contribution in [-0.4, -0.2) is 47.2 Å². The van der Waals surface area contributed by atoms with Gasteiger partial charge in [-0.15, -0.1) is 5.10 Å². The fourth-order valence-electron chi connectivity index (χ4n) is 2.85. The van der Waals surface area contributed by atoms with Crippen molar-refractivity contribution in [2.45, 2.75) is 19.8 Å². The van der Waals surface area contributed by atoms with Crippen LogP contribution in [0.1, 0.15) is 17.7 Å². The normalized spacial score (nSPS) is 14.8. The number of aromatic nitrogens is 2. The molecule has 6 heteroatoms. The first-order chi connectivity index (χ1) is 11.6. The van der Waals surface area contributed by atoms with E-state index in [0.717, 1.165) is 49.7 Å². The smallest absolute Gasteiger partial charge is 0.223 e. The molecule has 0 spiro atoms. The molecule has 1 amide bonds. The van der Waals surface area contributed by atoms with Gasteiger partial charge in [-0.05, 0) is 43.2 Å². The minimum Gasteiger partial charge on any atom is -0.352 e. The molecule has 1 aliphatic heterocycles. The summed E-state index contributed by atoms with van der Waals surface area (Å²) >= 11 is 5.98. The third kappa shape index (κ3) is 4.23. The van der Waals surface area contributed by atoms with E-state index in [1.807, 2.05) is 48.2 Å². The Morgan fingerprint density at radius 2 is 1.92 bits per heavy atom. The number of carbonyl (C=O) groups excluding carboxylic acids is 1. The first-order valence-electron chi connectivity index (χ1n) is 8.19. The van der Waals surface area contributed by atoms with Crippen molar-refractivity contribution >= 4 is 23.3 Å². The number of benzene rings is 1. The second-order valence-corrected chi connectivity index (χ2v) is 6.47. The highest BCUT2D eigenvalue weighted by atomic mass is 35.5. The predicted octanol–water partition coefficient (Wildman–Crippen LogP) is 2.72. The molecule has 0 N–H and O–H groups in total. The van der Waals surface area contributed by atoms with Gasteiger partial charge in [0.05, 0.1) is 5.69 Å². The fourth-order valence-corrected chi connectivity index (χ4v) is 3.06. The van der Waals surface area contributed by atoms with E-state index < -0.39 is 0 Å². The van der Waals surface area contributed by atoms with Crippen LogP contribution in [0.5, 0.6) is 0 Å². The summed E-state index contributed by atoms with van der Waals surface area (Å²) in [5.41, 5.74) is 2.01. The second kappa shape index (κ2) is 7.62. The number of hydrogen-bond donors (Lipinski definition) is 0. The zero-order valence-corrected chi connectivity index (χ0v) is 14.5. The van der Waals surface area contributed by atoms with Crippen molar-refractivity contribution in [3.63, 3.8) is 0 Å².